The number of nitrogens with zero attached hydrogens (tertiary/aromatic N) is 2. The molecule has 4 nitrogen and oxygen atoms in total. The van der Waals surface area contributed by atoms with E-state index in [2.05, 4.69) is 21.7 Å². The second-order valence-corrected chi connectivity index (χ2v) is 4.47. The van der Waals surface area contributed by atoms with Crippen LogP contribution in [-0.2, 0) is 24.1 Å². The Hall–Kier alpha value is -1.13. The van der Waals surface area contributed by atoms with Gasteiger partial charge in [0.15, 0.2) is 0 Å². The van der Waals surface area contributed by atoms with Crippen molar-refractivity contribution in [1.29, 1.82) is 0 Å². The molecule has 1 fully saturated rings. The van der Waals surface area contributed by atoms with E-state index in [-0.39, 0.29) is 0 Å². The third kappa shape index (κ3) is 1.58. The van der Waals surface area contributed by atoms with Crippen LogP contribution in [0.1, 0.15) is 11.3 Å². The van der Waals surface area contributed by atoms with Crippen molar-refractivity contribution in [2.24, 2.45) is 0 Å². The normalized spacial score (nSPS) is 28.2. The summed E-state index contributed by atoms with van der Waals surface area (Å²) >= 11 is 0. The summed E-state index contributed by atoms with van der Waals surface area (Å²) in [6, 6.07) is 0.460. The molecule has 2 atom stereocenters. The van der Waals surface area contributed by atoms with Crippen LogP contribution in [-0.4, -0.2) is 35.1 Å². The molecule has 1 aromatic rings. The maximum Gasteiger partial charge on any atom is 0.0773 e. The molecule has 1 aliphatic carbocycles. The Labute approximate surface area is 95.3 Å². The lowest BCUT2D eigenvalue weighted by atomic mass is 9.90. The van der Waals surface area contributed by atoms with Gasteiger partial charge in [-0.2, -0.15) is 5.10 Å². The Morgan fingerprint density at radius 1 is 1.62 bits per heavy atom. The van der Waals surface area contributed by atoms with Crippen LogP contribution >= 0.6 is 0 Å². The molecule has 1 N–H and O–H groups in total. The van der Waals surface area contributed by atoms with Crippen LogP contribution in [0.15, 0.2) is 18.9 Å². The zero-order valence-corrected chi connectivity index (χ0v) is 9.35. The summed E-state index contributed by atoms with van der Waals surface area (Å²) in [4.78, 5) is 0. The van der Waals surface area contributed by atoms with Gasteiger partial charge in [0.25, 0.3) is 0 Å². The van der Waals surface area contributed by atoms with Crippen molar-refractivity contribution < 1.29 is 4.74 Å². The highest BCUT2D eigenvalue weighted by molar-refractivity contribution is 5.25. The molecule has 0 bridgehead atoms. The lowest BCUT2D eigenvalue weighted by Crippen LogP contribution is -2.52. The molecule has 4 heteroatoms. The Balaban J connectivity index is 1.88. The molecule has 0 saturated carbocycles. The fourth-order valence-corrected chi connectivity index (χ4v) is 2.67. The smallest absolute Gasteiger partial charge is 0.0773 e. The molecule has 0 radical (unpaired) electrons. The number of rotatable bonds is 2. The van der Waals surface area contributed by atoms with Crippen LogP contribution in [0, 0.1) is 0 Å². The lowest BCUT2D eigenvalue weighted by molar-refractivity contribution is -0.00797. The summed E-state index contributed by atoms with van der Waals surface area (Å²) in [6.07, 6.45) is 6.22. The van der Waals surface area contributed by atoms with Gasteiger partial charge in [0.1, 0.15) is 0 Å². The van der Waals surface area contributed by atoms with E-state index in [4.69, 9.17) is 4.74 Å². The number of hydrogen-bond donors (Lipinski definition) is 1. The Kier molecular flexibility index (Phi) is 2.53. The summed E-state index contributed by atoms with van der Waals surface area (Å²) in [5, 5.41) is 7.94. The molecule has 1 aliphatic heterocycles. The molecule has 16 heavy (non-hydrogen) atoms. The quantitative estimate of drug-likeness (QED) is 0.737. The zero-order chi connectivity index (χ0) is 11.0. The summed E-state index contributed by atoms with van der Waals surface area (Å²) in [7, 11) is 0. The van der Waals surface area contributed by atoms with Gasteiger partial charge >= 0.3 is 0 Å². The van der Waals surface area contributed by atoms with Gasteiger partial charge in [-0.25, -0.2) is 0 Å². The molecule has 2 unspecified atom stereocenters. The summed E-state index contributed by atoms with van der Waals surface area (Å²) in [5.74, 6) is 0. The van der Waals surface area contributed by atoms with E-state index in [0.717, 1.165) is 32.5 Å². The number of hydrogen-bond acceptors (Lipinski definition) is 3. The van der Waals surface area contributed by atoms with Gasteiger partial charge in [0.05, 0.1) is 25.5 Å². The minimum atomic E-state index is 0.336. The van der Waals surface area contributed by atoms with Crippen molar-refractivity contribution in [3.05, 3.63) is 30.1 Å². The van der Waals surface area contributed by atoms with E-state index in [1.165, 1.54) is 11.3 Å². The number of nitrogens with one attached hydrogen (secondary N) is 1. The standard InChI is InChI=1S/C12H17N3O/c1-2-4-15-11-7-10-12(16-5-3-13-10)6-9(11)8-14-15/h2,8,10,12-13H,1,3-7H2. The Morgan fingerprint density at radius 3 is 3.44 bits per heavy atom. The average Bonchev–Trinajstić information content (AvgIpc) is 2.70. The Morgan fingerprint density at radius 2 is 2.56 bits per heavy atom. The van der Waals surface area contributed by atoms with Crippen molar-refractivity contribution in [3.63, 3.8) is 0 Å². The van der Waals surface area contributed by atoms with Crippen LogP contribution in [0.2, 0.25) is 0 Å². The van der Waals surface area contributed by atoms with Crippen LogP contribution in [0.3, 0.4) is 0 Å². The molecule has 86 valence electrons. The SMILES string of the molecule is C=CCn1ncc2c1CC1NCCOC1C2. The fourth-order valence-electron chi connectivity index (χ4n) is 2.67. The first-order valence-electron chi connectivity index (χ1n) is 5.88. The second-order valence-electron chi connectivity index (χ2n) is 4.47. The van der Waals surface area contributed by atoms with Crippen molar-refractivity contribution in [3.8, 4) is 0 Å². The molecule has 0 spiro atoms. The third-order valence-electron chi connectivity index (χ3n) is 3.46. The number of aromatic nitrogens is 2. The van der Waals surface area contributed by atoms with Gasteiger partial charge in [0.2, 0.25) is 0 Å². The first-order valence-corrected chi connectivity index (χ1v) is 5.88. The van der Waals surface area contributed by atoms with Crippen LogP contribution in [0.25, 0.3) is 0 Å². The highest BCUT2D eigenvalue weighted by Crippen LogP contribution is 2.25. The Bertz CT molecular complexity index is 399. The van der Waals surface area contributed by atoms with Gasteiger partial charge in [-0.15, -0.1) is 6.58 Å². The molecule has 1 saturated heterocycles. The minimum absolute atomic E-state index is 0.336. The number of ether oxygens (including phenoxy) is 1. The monoisotopic (exact) mass is 219 g/mol. The molecule has 3 rings (SSSR count). The fraction of sp³-hybridized carbons (Fsp3) is 0.583. The molecule has 2 aliphatic rings. The minimum Gasteiger partial charge on any atom is -0.375 e. The highest BCUT2D eigenvalue weighted by atomic mass is 16.5. The highest BCUT2D eigenvalue weighted by Gasteiger charge is 2.33. The van der Waals surface area contributed by atoms with Crippen molar-refractivity contribution in [2.45, 2.75) is 31.5 Å². The van der Waals surface area contributed by atoms with Crippen molar-refractivity contribution >= 4 is 0 Å². The largest absolute Gasteiger partial charge is 0.375 e. The van der Waals surface area contributed by atoms with Gasteiger partial charge in [-0.05, 0) is 5.56 Å². The molecular formula is C12H17N3O. The van der Waals surface area contributed by atoms with Gasteiger partial charge in [-0.1, -0.05) is 6.08 Å². The van der Waals surface area contributed by atoms with E-state index in [1.807, 2.05) is 12.3 Å². The molecule has 0 aromatic carbocycles. The van der Waals surface area contributed by atoms with Crippen molar-refractivity contribution in [1.82, 2.24) is 15.1 Å². The molecular weight excluding hydrogens is 202 g/mol. The average molecular weight is 219 g/mol. The van der Waals surface area contributed by atoms with E-state index in [9.17, 15) is 0 Å². The van der Waals surface area contributed by atoms with Gasteiger partial charge in [0, 0.05) is 31.1 Å². The molecule has 2 heterocycles. The summed E-state index contributed by atoms with van der Waals surface area (Å²) < 4.78 is 7.84. The maximum atomic E-state index is 5.79. The topological polar surface area (TPSA) is 39.1 Å². The van der Waals surface area contributed by atoms with E-state index in [1.54, 1.807) is 0 Å². The predicted molar refractivity (Wildman–Crippen MR) is 61.4 cm³/mol. The van der Waals surface area contributed by atoms with Crippen LogP contribution in [0.5, 0.6) is 0 Å². The number of morpholine rings is 1. The zero-order valence-electron chi connectivity index (χ0n) is 9.35. The summed E-state index contributed by atoms with van der Waals surface area (Å²) in [6.45, 7) is 6.36. The third-order valence-corrected chi connectivity index (χ3v) is 3.46. The van der Waals surface area contributed by atoms with Gasteiger partial charge < -0.3 is 10.1 Å². The van der Waals surface area contributed by atoms with E-state index >= 15 is 0 Å². The maximum absolute atomic E-state index is 5.79. The second kappa shape index (κ2) is 4.03. The molecule has 0 amide bonds. The lowest BCUT2D eigenvalue weighted by Gasteiger charge is -2.36. The van der Waals surface area contributed by atoms with E-state index in [0.29, 0.717) is 12.1 Å². The predicted octanol–water partition coefficient (Wildman–Crippen LogP) is 0.525. The van der Waals surface area contributed by atoms with Crippen LogP contribution in [0.4, 0.5) is 0 Å². The van der Waals surface area contributed by atoms with Crippen LogP contribution < -0.4 is 5.32 Å². The first-order chi connectivity index (χ1) is 7.88. The molecule has 1 aromatic heterocycles. The summed E-state index contributed by atoms with van der Waals surface area (Å²) in [5.41, 5.74) is 2.69. The van der Waals surface area contributed by atoms with E-state index < -0.39 is 0 Å². The number of allylic oxidation sites excluding steroid dienone is 1. The first kappa shape index (κ1) is 10.1. The van der Waals surface area contributed by atoms with Crippen molar-refractivity contribution in [2.75, 3.05) is 13.2 Å². The van der Waals surface area contributed by atoms with Gasteiger partial charge in [-0.3, -0.25) is 4.68 Å². The number of fused-ring (bicyclic) bond motifs is 2.